The van der Waals surface area contributed by atoms with E-state index in [-0.39, 0.29) is 11.0 Å². The summed E-state index contributed by atoms with van der Waals surface area (Å²) < 4.78 is 24.8. The van der Waals surface area contributed by atoms with Gasteiger partial charge in [0.15, 0.2) is 0 Å². The summed E-state index contributed by atoms with van der Waals surface area (Å²) >= 11 is 12.9. The van der Waals surface area contributed by atoms with Crippen molar-refractivity contribution in [3.05, 3.63) is 0 Å². The molecule has 0 saturated carbocycles. The van der Waals surface area contributed by atoms with Gasteiger partial charge in [0.05, 0.1) is 45.1 Å². The monoisotopic (exact) mass is 626 g/mol. The first-order chi connectivity index (χ1) is 19.8. The molecule has 0 aliphatic rings. The van der Waals surface area contributed by atoms with Crippen molar-refractivity contribution in [2.75, 3.05) is 81.0 Å². The van der Waals surface area contributed by atoms with Crippen molar-refractivity contribution in [3.63, 3.8) is 0 Å². The van der Waals surface area contributed by atoms with Gasteiger partial charge in [0, 0.05) is 13.2 Å². The van der Waals surface area contributed by atoms with E-state index in [1.54, 1.807) is 0 Å². The van der Waals surface area contributed by atoms with Gasteiger partial charge in [-0.1, -0.05) is 104 Å². The molecule has 0 aromatic carbocycles. The summed E-state index contributed by atoms with van der Waals surface area (Å²) in [6.07, 6.45) is 20.6. The number of hydrogen-bond donors (Lipinski definition) is 0. The SMILES string of the molecule is CCCCCCCCCCOCC(COCCCCCCCCCC)(COCC(Cl)N(C)C)COCC(Cl)N(C)C. The summed E-state index contributed by atoms with van der Waals surface area (Å²) in [6.45, 7) is 8.89. The fourth-order valence-electron chi connectivity index (χ4n) is 4.55. The molecule has 0 aliphatic carbocycles. The Hall–Kier alpha value is 0.340. The Labute approximate surface area is 265 Å². The first kappa shape index (κ1) is 41.3. The van der Waals surface area contributed by atoms with Gasteiger partial charge in [0.2, 0.25) is 0 Å². The van der Waals surface area contributed by atoms with Crippen LogP contribution in [0.4, 0.5) is 0 Å². The van der Waals surface area contributed by atoms with Crippen LogP contribution in [0.3, 0.4) is 0 Å². The highest BCUT2D eigenvalue weighted by Gasteiger charge is 2.33. The number of halogens is 2. The van der Waals surface area contributed by atoms with Crippen LogP contribution in [0.5, 0.6) is 0 Å². The molecule has 0 radical (unpaired) electrons. The largest absolute Gasteiger partial charge is 0.381 e. The molecule has 6 nitrogen and oxygen atoms in total. The van der Waals surface area contributed by atoms with E-state index < -0.39 is 5.41 Å². The van der Waals surface area contributed by atoms with Crippen LogP contribution in [-0.2, 0) is 18.9 Å². The minimum Gasteiger partial charge on any atom is -0.381 e. The van der Waals surface area contributed by atoms with E-state index >= 15 is 0 Å². The molecular weight excluding hydrogens is 559 g/mol. The molecule has 0 rings (SSSR count). The van der Waals surface area contributed by atoms with Gasteiger partial charge < -0.3 is 18.9 Å². The molecule has 0 bridgehead atoms. The molecule has 0 amide bonds. The van der Waals surface area contributed by atoms with Crippen molar-refractivity contribution >= 4 is 23.2 Å². The van der Waals surface area contributed by atoms with E-state index in [4.69, 9.17) is 42.1 Å². The maximum atomic E-state index is 6.44. The Morgan fingerprint density at radius 2 is 0.756 bits per heavy atom. The molecule has 0 heterocycles. The average molecular weight is 628 g/mol. The second-order valence-electron chi connectivity index (χ2n) is 12.4. The number of hydrogen-bond acceptors (Lipinski definition) is 6. The summed E-state index contributed by atoms with van der Waals surface area (Å²) in [4.78, 5) is 3.90. The van der Waals surface area contributed by atoms with Crippen LogP contribution in [0.25, 0.3) is 0 Å². The van der Waals surface area contributed by atoms with Crippen molar-refractivity contribution in [1.29, 1.82) is 0 Å². The van der Waals surface area contributed by atoms with Crippen molar-refractivity contribution < 1.29 is 18.9 Å². The van der Waals surface area contributed by atoms with Gasteiger partial charge in [-0.3, -0.25) is 9.80 Å². The lowest BCUT2D eigenvalue weighted by Crippen LogP contribution is -2.43. The highest BCUT2D eigenvalue weighted by atomic mass is 35.5. The van der Waals surface area contributed by atoms with Crippen molar-refractivity contribution in [2.24, 2.45) is 5.41 Å². The molecule has 248 valence electrons. The van der Waals surface area contributed by atoms with Crippen LogP contribution in [0.2, 0.25) is 0 Å². The third kappa shape index (κ3) is 25.4. The van der Waals surface area contributed by atoms with Crippen LogP contribution in [0.1, 0.15) is 117 Å². The Morgan fingerprint density at radius 1 is 0.463 bits per heavy atom. The van der Waals surface area contributed by atoms with Crippen LogP contribution in [-0.4, -0.2) is 102 Å². The fourth-order valence-corrected chi connectivity index (χ4v) is 4.73. The zero-order valence-electron chi connectivity index (χ0n) is 27.9. The molecule has 0 spiro atoms. The lowest BCUT2D eigenvalue weighted by atomic mass is 9.92. The summed E-state index contributed by atoms with van der Waals surface area (Å²) in [7, 11) is 7.83. The molecule has 8 heteroatoms. The summed E-state index contributed by atoms with van der Waals surface area (Å²) in [5, 5.41) is 0. The predicted octanol–water partition coefficient (Wildman–Crippen LogP) is 8.57. The van der Waals surface area contributed by atoms with Gasteiger partial charge in [-0.15, -0.1) is 23.2 Å². The maximum Gasteiger partial charge on any atom is 0.108 e. The van der Waals surface area contributed by atoms with Gasteiger partial charge in [0.1, 0.15) is 11.0 Å². The standard InChI is InChI=1S/C33H68Cl2N2O4/c1-7-9-11-13-15-17-19-21-23-38-27-33(29-40-25-31(34)36(3)4,30-41-26-32(35)37(5)6)28-39-24-22-20-18-16-14-12-10-8-2/h31-32H,7-30H2,1-6H3. The van der Waals surface area contributed by atoms with Gasteiger partial charge in [-0.05, 0) is 41.0 Å². The van der Waals surface area contributed by atoms with Gasteiger partial charge >= 0.3 is 0 Å². The van der Waals surface area contributed by atoms with Crippen LogP contribution < -0.4 is 0 Å². The number of likely N-dealkylation sites (N-methyl/N-ethyl adjacent to an activating group) is 2. The van der Waals surface area contributed by atoms with Crippen molar-refractivity contribution in [2.45, 2.75) is 128 Å². The molecule has 2 atom stereocenters. The molecule has 0 aliphatic heterocycles. The molecule has 0 aromatic rings. The van der Waals surface area contributed by atoms with Crippen LogP contribution in [0, 0.1) is 5.41 Å². The number of rotatable bonds is 32. The minimum absolute atomic E-state index is 0.189. The number of unbranched alkanes of at least 4 members (excludes halogenated alkanes) is 14. The Balaban J connectivity index is 4.89. The molecule has 0 saturated heterocycles. The Bertz CT molecular complexity index is 497. The zero-order valence-corrected chi connectivity index (χ0v) is 29.4. The van der Waals surface area contributed by atoms with Gasteiger partial charge in [-0.2, -0.15) is 0 Å². The van der Waals surface area contributed by atoms with Crippen molar-refractivity contribution in [1.82, 2.24) is 9.80 Å². The topological polar surface area (TPSA) is 43.4 Å². The normalized spacial score (nSPS) is 13.9. The summed E-state index contributed by atoms with van der Waals surface area (Å²) in [5.74, 6) is 0. The van der Waals surface area contributed by atoms with Crippen molar-refractivity contribution in [3.8, 4) is 0 Å². The maximum absolute atomic E-state index is 6.44. The van der Waals surface area contributed by atoms with Crippen LogP contribution >= 0.6 is 23.2 Å². The third-order valence-electron chi connectivity index (χ3n) is 7.55. The van der Waals surface area contributed by atoms with E-state index in [2.05, 4.69) is 13.8 Å². The highest BCUT2D eigenvalue weighted by molar-refractivity contribution is 6.20. The van der Waals surface area contributed by atoms with Crippen LogP contribution in [0.15, 0.2) is 0 Å². The van der Waals surface area contributed by atoms with E-state index in [1.165, 1.54) is 89.9 Å². The number of nitrogens with zero attached hydrogens (tertiary/aromatic N) is 2. The lowest BCUT2D eigenvalue weighted by Gasteiger charge is -2.34. The molecule has 0 aromatic heterocycles. The zero-order chi connectivity index (χ0) is 30.6. The quantitative estimate of drug-likeness (QED) is 0.0423. The van der Waals surface area contributed by atoms with E-state index in [0.717, 1.165) is 26.1 Å². The predicted molar refractivity (Wildman–Crippen MR) is 178 cm³/mol. The third-order valence-corrected chi connectivity index (χ3v) is 8.58. The summed E-state index contributed by atoms with van der Waals surface area (Å²) in [5.41, 5.74) is -0.788. The molecular formula is C33H68Cl2N2O4. The Kier molecular flexibility index (Phi) is 29.3. The fraction of sp³-hybridized carbons (Fsp3) is 1.00. The smallest absolute Gasteiger partial charge is 0.108 e. The van der Waals surface area contributed by atoms with Gasteiger partial charge in [-0.25, -0.2) is 0 Å². The first-order valence-electron chi connectivity index (χ1n) is 16.7. The Morgan fingerprint density at radius 3 is 1.07 bits per heavy atom. The van der Waals surface area contributed by atoms with Gasteiger partial charge in [0.25, 0.3) is 0 Å². The second kappa shape index (κ2) is 29.1. The summed E-state index contributed by atoms with van der Waals surface area (Å²) in [6, 6.07) is 0. The van der Waals surface area contributed by atoms with E-state index in [1.807, 2.05) is 38.0 Å². The first-order valence-corrected chi connectivity index (χ1v) is 17.6. The average Bonchev–Trinajstić information content (AvgIpc) is 2.94. The molecule has 41 heavy (non-hydrogen) atoms. The molecule has 0 fully saturated rings. The highest BCUT2D eigenvalue weighted by Crippen LogP contribution is 2.23. The molecule has 0 N–H and O–H groups in total. The van der Waals surface area contributed by atoms with E-state index in [0.29, 0.717) is 39.6 Å². The molecule has 2 unspecified atom stereocenters. The number of alkyl halides is 2. The second-order valence-corrected chi connectivity index (χ2v) is 13.4. The number of ether oxygens (including phenoxy) is 4. The van der Waals surface area contributed by atoms with E-state index in [9.17, 15) is 0 Å². The minimum atomic E-state index is -0.411. The lowest BCUT2D eigenvalue weighted by molar-refractivity contribution is -0.110.